The van der Waals surface area contributed by atoms with E-state index in [1.54, 1.807) is 0 Å². The van der Waals surface area contributed by atoms with Crippen molar-refractivity contribution in [2.75, 3.05) is 6.54 Å². The molecule has 196 valence electrons. The highest BCUT2D eigenvalue weighted by atomic mass is 16.7. The Morgan fingerprint density at radius 1 is 1.08 bits per heavy atom. The second-order valence-corrected chi connectivity index (χ2v) is 8.83. The van der Waals surface area contributed by atoms with Gasteiger partial charge in [0.05, 0.1) is 11.7 Å². The summed E-state index contributed by atoms with van der Waals surface area (Å²) in [4.78, 5) is 23.2. The Balaban J connectivity index is 1.78. The van der Waals surface area contributed by atoms with Crippen LogP contribution in [0, 0.1) is 0 Å². The number of carboxylic acid groups (broad SMARTS) is 1. The number of hydrogen-bond donors (Lipinski definition) is 7. The molecule has 1 heterocycles. The molecule has 0 spiro atoms. The van der Waals surface area contributed by atoms with Gasteiger partial charge in [-0.15, -0.1) is 0 Å². The van der Waals surface area contributed by atoms with Gasteiger partial charge in [0, 0.05) is 12.6 Å². The van der Waals surface area contributed by atoms with E-state index in [0.29, 0.717) is 5.56 Å². The minimum absolute atomic E-state index is 0.0143. The number of carboxylic acids is 1. The molecule has 2 aromatic carbocycles. The molecule has 3 rings (SSSR count). The number of rotatable bonds is 11. The lowest BCUT2D eigenvalue weighted by atomic mass is 9.98. The lowest BCUT2D eigenvalue weighted by Crippen LogP contribution is -2.60. The summed E-state index contributed by atoms with van der Waals surface area (Å²) in [6.45, 7) is 2.11. The fourth-order valence-corrected chi connectivity index (χ4v) is 3.96. The molecule has 1 amide bonds. The number of nitrogens with two attached hydrogens (primary N) is 1. The number of benzene rings is 2. The molecule has 1 fully saturated rings. The van der Waals surface area contributed by atoms with E-state index in [-0.39, 0.29) is 23.9 Å². The Labute approximate surface area is 208 Å². The molecule has 1 saturated heterocycles. The topological polar surface area (TPSA) is 192 Å². The number of aryl methyl sites for hydroxylation is 1. The van der Waals surface area contributed by atoms with E-state index < -0.39 is 48.7 Å². The maximum absolute atomic E-state index is 11.7. The van der Waals surface area contributed by atoms with E-state index in [0.717, 1.165) is 12.8 Å². The third kappa shape index (κ3) is 6.78. The minimum Gasteiger partial charge on any atom is -0.507 e. The van der Waals surface area contributed by atoms with Crippen LogP contribution in [0.15, 0.2) is 48.5 Å². The second-order valence-electron chi connectivity index (χ2n) is 8.83. The zero-order valence-corrected chi connectivity index (χ0v) is 19.7. The molecule has 0 bridgehead atoms. The molecule has 0 saturated carbocycles. The quantitative estimate of drug-likeness (QED) is 0.220. The van der Waals surface area contributed by atoms with Gasteiger partial charge in [-0.05, 0) is 43.0 Å². The average Bonchev–Trinajstić information content (AvgIpc) is 2.85. The summed E-state index contributed by atoms with van der Waals surface area (Å²) < 4.78 is 11.1. The number of nitrogens with one attached hydrogen (secondary N) is 1. The van der Waals surface area contributed by atoms with Gasteiger partial charge in [0.15, 0.2) is 12.4 Å². The van der Waals surface area contributed by atoms with Crippen LogP contribution in [0.3, 0.4) is 0 Å². The number of carbonyl (C=O) groups is 2. The zero-order valence-electron chi connectivity index (χ0n) is 19.7. The summed E-state index contributed by atoms with van der Waals surface area (Å²) >= 11 is 0. The summed E-state index contributed by atoms with van der Waals surface area (Å²) in [5.74, 6) is -2.73. The van der Waals surface area contributed by atoms with Crippen LogP contribution in [-0.4, -0.2) is 80.7 Å². The number of primary amides is 1. The van der Waals surface area contributed by atoms with Crippen molar-refractivity contribution >= 4 is 11.9 Å². The molecule has 0 aliphatic carbocycles. The molecule has 0 aromatic heterocycles. The number of aliphatic carboxylic acids is 1. The first kappa shape index (κ1) is 27.5. The van der Waals surface area contributed by atoms with Gasteiger partial charge in [0.25, 0.3) is 5.91 Å². The molecule has 0 radical (unpaired) electrons. The van der Waals surface area contributed by atoms with Gasteiger partial charge in [0.1, 0.15) is 24.1 Å². The molecule has 36 heavy (non-hydrogen) atoms. The fourth-order valence-electron chi connectivity index (χ4n) is 3.96. The van der Waals surface area contributed by atoms with Crippen LogP contribution in [0.1, 0.15) is 40.9 Å². The highest BCUT2D eigenvalue weighted by Gasteiger charge is 2.48. The number of aliphatic hydroxyl groups is 3. The number of aromatic hydroxyl groups is 1. The Kier molecular flexibility index (Phi) is 9.37. The van der Waals surface area contributed by atoms with Crippen LogP contribution in [0.5, 0.6) is 5.75 Å². The summed E-state index contributed by atoms with van der Waals surface area (Å²) in [6, 6.07) is 14.0. The normalized spacial score (nSPS) is 25.7. The predicted octanol–water partition coefficient (Wildman–Crippen LogP) is 0.0519. The van der Waals surface area contributed by atoms with Gasteiger partial charge in [-0.25, -0.2) is 4.79 Å². The van der Waals surface area contributed by atoms with Crippen molar-refractivity contribution in [1.82, 2.24) is 5.32 Å². The molecular weight excluding hydrogens is 472 g/mol. The first-order valence-electron chi connectivity index (χ1n) is 11.6. The van der Waals surface area contributed by atoms with Crippen molar-refractivity contribution in [3.05, 3.63) is 65.2 Å². The van der Waals surface area contributed by atoms with Crippen LogP contribution in [0.2, 0.25) is 0 Å². The number of aliphatic hydroxyl groups excluding tert-OH is 3. The SMILES string of the molecule is CC(CCc1ccccc1)NCC(OC1O[C@H](C(=O)O)[C@@H](O)[C@H](O)[C@H]1O)c1ccc(O)c(C(N)=O)c1. The monoisotopic (exact) mass is 504 g/mol. The number of amides is 1. The molecule has 1 aliphatic rings. The lowest BCUT2D eigenvalue weighted by molar-refractivity contribution is -0.305. The Hall–Kier alpha value is -3.06. The van der Waals surface area contributed by atoms with E-state index in [2.05, 4.69) is 5.32 Å². The van der Waals surface area contributed by atoms with Gasteiger partial charge in [0.2, 0.25) is 0 Å². The van der Waals surface area contributed by atoms with Gasteiger partial charge >= 0.3 is 5.97 Å². The highest BCUT2D eigenvalue weighted by molar-refractivity contribution is 5.95. The first-order valence-corrected chi connectivity index (χ1v) is 11.6. The Bertz CT molecular complexity index is 1040. The number of phenols is 1. The van der Waals surface area contributed by atoms with E-state index in [1.165, 1.54) is 23.8 Å². The van der Waals surface area contributed by atoms with Gasteiger partial charge < -0.3 is 46.1 Å². The largest absolute Gasteiger partial charge is 0.507 e. The predicted molar refractivity (Wildman–Crippen MR) is 127 cm³/mol. The number of hydrogen-bond acceptors (Lipinski definition) is 9. The zero-order chi connectivity index (χ0) is 26.4. The van der Waals surface area contributed by atoms with Crippen LogP contribution >= 0.6 is 0 Å². The van der Waals surface area contributed by atoms with Crippen molar-refractivity contribution < 1.29 is 44.6 Å². The van der Waals surface area contributed by atoms with E-state index in [9.17, 15) is 35.1 Å². The Morgan fingerprint density at radius 2 is 1.78 bits per heavy atom. The summed E-state index contributed by atoms with van der Waals surface area (Å²) in [7, 11) is 0. The van der Waals surface area contributed by atoms with E-state index in [4.69, 9.17) is 15.2 Å². The lowest BCUT2D eigenvalue weighted by Gasteiger charge is -2.40. The number of ether oxygens (including phenoxy) is 2. The third-order valence-corrected chi connectivity index (χ3v) is 6.13. The number of carbonyl (C=O) groups excluding carboxylic acids is 1. The van der Waals surface area contributed by atoms with Crippen LogP contribution < -0.4 is 11.1 Å². The highest BCUT2D eigenvalue weighted by Crippen LogP contribution is 2.30. The van der Waals surface area contributed by atoms with Gasteiger partial charge in [-0.2, -0.15) is 0 Å². The van der Waals surface area contributed by atoms with E-state index >= 15 is 0 Å². The maximum Gasteiger partial charge on any atom is 0.335 e. The second kappa shape index (κ2) is 12.3. The maximum atomic E-state index is 11.7. The van der Waals surface area contributed by atoms with E-state index in [1.807, 2.05) is 37.3 Å². The molecular formula is C25H32N2O9. The van der Waals surface area contributed by atoms with Crippen molar-refractivity contribution in [1.29, 1.82) is 0 Å². The van der Waals surface area contributed by atoms with Crippen molar-refractivity contribution in [3.8, 4) is 5.75 Å². The van der Waals surface area contributed by atoms with Crippen LogP contribution in [0.4, 0.5) is 0 Å². The summed E-state index contributed by atoms with van der Waals surface area (Å²) in [5.41, 5.74) is 6.75. The summed E-state index contributed by atoms with van der Waals surface area (Å²) in [5, 5.41) is 53.0. The molecule has 2 aromatic rings. The molecule has 8 N–H and O–H groups in total. The molecule has 1 aliphatic heterocycles. The average molecular weight is 505 g/mol. The minimum atomic E-state index is -1.86. The molecule has 3 unspecified atom stereocenters. The summed E-state index contributed by atoms with van der Waals surface area (Å²) in [6.07, 6.45) is -8.19. The molecule has 11 heteroatoms. The smallest absolute Gasteiger partial charge is 0.335 e. The van der Waals surface area contributed by atoms with Crippen LogP contribution in [0.25, 0.3) is 0 Å². The van der Waals surface area contributed by atoms with Gasteiger partial charge in [-0.1, -0.05) is 36.4 Å². The van der Waals surface area contributed by atoms with Crippen molar-refractivity contribution in [2.24, 2.45) is 5.73 Å². The fraction of sp³-hybridized carbons (Fsp3) is 0.440. The van der Waals surface area contributed by atoms with Crippen molar-refractivity contribution in [3.63, 3.8) is 0 Å². The van der Waals surface area contributed by atoms with Gasteiger partial charge in [-0.3, -0.25) is 4.79 Å². The third-order valence-electron chi connectivity index (χ3n) is 6.13. The standard InChI is InChI=1S/C25H32N2O9/c1-13(7-8-14-5-3-2-4-6-14)27-12-18(15-9-10-17(28)16(11-15)23(26)32)35-25-21(31)19(29)20(30)22(36-25)24(33)34/h2-6,9-11,13,18-22,25,27-31H,7-8,12H2,1H3,(H2,26,32)(H,33,34)/t13?,18?,19-,20-,21+,22-,25?/m0/s1. The Morgan fingerprint density at radius 3 is 2.42 bits per heavy atom. The molecule has 7 atom stereocenters. The van der Waals surface area contributed by atoms with Crippen molar-refractivity contribution in [2.45, 2.75) is 62.6 Å². The van der Waals surface area contributed by atoms with Crippen LogP contribution in [-0.2, 0) is 20.7 Å². The first-order chi connectivity index (χ1) is 17.1. The molecule has 11 nitrogen and oxygen atoms in total.